The van der Waals surface area contributed by atoms with Crippen molar-refractivity contribution in [2.45, 2.75) is 31.8 Å². The molecule has 1 saturated heterocycles. The highest BCUT2D eigenvalue weighted by Crippen LogP contribution is 2.43. The Balaban J connectivity index is 2.18. The second-order valence-corrected chi connectivity index (χ2v) is 5.46. The first-order valence-corrected chi connectivity index (χ1v) is 6.45. The maximum absolute atomic E-state index is 2.32. The molecule has 13 heavy (non-hydrogen) atoms. The molecular weight excluding hydrogens is 175 g/mol. The Labute approximate surface area is 82.5 Å². The van der Waals surface area contributed by atoms with Crippen LogP contribution in [0.2, 0.25) is 0 Å². The van der Waals surface area contributed by atoms with Crippen LogP contribution in [-0.2, 0) is 0 Å². The normalized spacial score (nSPS) is 24.8. The average Bonchev–Trinajstić information content (AvgIpc) is 2.20. The molecule has 1 aromatic carbocycles. The monoisotopic (exact) mass is 192 g/mol. The number of hydrogen-bond donors (Lipinski definition) is 0. The van der Waals surface area contributed by atoms with E-state index in [-0.39, 0.29) is 0 Å². The first kappa shape index (κ1) is 9.21. The third kappa shape index (κ3) is 2.11. The van der Waals surface area contributed by atoms with E-state index in [0.29, 0.717) is 0 Å². The van der Waals surface area contributed by atoms with Gasteiger partial charge in [0.2, 0.25) is 0 Å². The van der Waals surface area contributed by atoms with Crippen LogP contribution in [0.4, 0.5) is 0 Å². The zero-order valence-corrected chi connectivity index (χ0v) is 9.22. The van der Waals surface area contributed by atoms with Gasteiger partial charge in [0.25, 0.3) is 0 Å². The molecule has 70 valence electrons. The van der Waals surface area contributed by atoms with E-state index in [9.17, 15) is 0 Å². The van der Waals surface area contributed by atoms with Crippen molar-refractivity contribution in [3.8, 4) is 0 Å². The Morgan fingerprint density at radius 2 is 2.08 bits per heavy atom. The SMILES string of the molecule is Cc1ccccc1C1CCCCP1. The Bertz CT molecular complexity index is 274. The standard InChI is InChI=1S/C12H17P/c1-10-6-2-3-7-11(10)12-8-4-5-9-13-12/h2-3,6-7,12-13H,4-5,8-9H2,1H3. The summed E-state index contributed by atoms with van der Waals surface area (Å²) < 4.78 is 0. The minimum atomic E-state index is 0.884. The fourth-order valence-electron chi connectivity index (χ4n) is 2.10. The van der Waals surface area contributed by atoms with Gasteiger partial charge in [-0.05, 0) is 37.1 Å². The van der Waals surface area contributed by atoms with E-state index in [1.807, 2.05) is 0 Å². The molecule has 1 heterocycles. The van der Waals surface area contributed by atoms with Crippen molar-refractivity contribution >= 4 is 8.58 Å². The molecule has 0 radical (unpaired) electrons. The lowest BCUT2D eigenvalue weighted by atomic mass is 10.0. The fraction of sp³-hybridized carbons (Fsp3) is 0.500. The molecule has 0 bridgehead atoms. The van der Waals surface area contributed by atoms with E-state index in [2.05, 4.69) is 31.2 Å². The molecule has 1 fully saturated rings. The molecule has 2 unspecified atom stereocenters. The van der Waals surface area contributed by atoms with Gasteiger partial charge < -0.3 is 0 Å². The van der Waals surface area contributed by atoms with E-state index in [1.165, 1.54) is 39.6 Å². The summed E-state index contributed by atoms with van der Waals surface area (Å²) in [7, 11) is 1.17. The summed E-state index contributed by atoms with van der Waals surface area (Å²) in [6.45, 7) is 2.24. The third-order valence-electron chi connectivity index (χ3n) is 2.87. The van der Waals surface area contributed by atoms with Gasteiger partial charge in [-0.2, -0.15) is 0 Å². The number of benzene rings is 1. The first-order chi connectivity index (χ1) is 6.38. The summed E-state index contributed by atoms with van der Waals surface area (Å²) >= 11 is 0. The van der Waals surface area contributed by atoms with Gasteiger partial charge in [0.15, 0.2) is 0 Å². The minimum Gasteiger partial charge on any atom is -0.114 e. The van der Waals surface area contributed by atoms with E-state index >= 15 is 0 Å². The van der Waals surface area contributed by atoms with Gasteiger partial charge in [-0.1, -0.05) is 30.7 Å². The van der Waals surface area contributed by atoms with Gasteiger partial charge >= 0.3 is 0 Å². The second-order valence-electron chi connectivity index (χ2n) is 3.86. The van der Waals surface area contributed by atoms with Crippen molar-refractivity contribution in [2.75, 3.05) is 6.16 Å². The van der Waals surface area contributed by atoms with Gasteiger partial charge in [0.1, 0.15) is 0 Å². The summed E-state index contributed by atoms with van der Waals surface area (Å²) in [5.74, 6) is 0. The molecule has 0 amide bonds. The molecule has 2 rings (SSSR count). The molecule has 0 saturated carbocycles. The maximum atomic E-state index is 2.32. The first-order valence-electron chi connectivity index (χ1n) is 5.17. The van der Waals surface area contributed by atoms with Crippen LogP contribution >= 0.6 is 8.58 Å². The van der Waals surface area contributed by atoms with Crippen molar-refractivity contribution in [2.24, 2.45) is 0 Å². The lowest BCUT2D eigenvalue weighted by Crippen LogP contribution is -2.01. The van der Waals surface area contributed by atoms with Gasteiger partial charge in [0.05, 0.1) is 0 Å². The molecule has 1 heteroatoms. The molecule has 0 N–H and O–H groups in total. The van der Waals surface area contributed by atoms with E-state index < -0.39 is 0 Å². The Hall–Kier alpha value is -0.350. The molecule has 0 spiro atoms. The van der Waals surface area contributed by atoms with Crippen molar-refractivity contribution in [1.29, 1.82) is 0 Å². The Kier molecular flexibility index (Phi) is 3.01. The summed E-state index contributed by atoms with van der Waals surface area (Å²) in [6, 6.07) is 8.89. The summed E-state index contributed by atoms with van der Waals surface area (Å²) in [5.41, 5.74) is 3.98. The molecular formula is C12H17P. The van der Waals surface area contributed by atoms with Crippen molar-refractivity contribution in [3.05, 3.63) is 35.4 Å². The fourth-order valence-corrected chi connectivity index (χ4v) is 3.85. The van der Waals surface area contributed by atoms with Crippen LogP contribution in [0.3, 0.4) is 0 Å². The van der Waals surface area contributed by atoms with E-state index in [4.69, 9.17) is 0 Å². The van der Waals surface area contributed by atoms with Crippen LogP contribution in [0.25, 0.3) is 0 Å². The molecule has 0 aromatic heterocycles. The second kappa shape index (κ2) is 4.24. The predicted molar refractivity (Wildman–Crippen MR) is 61.0 cm³/mol. The smallest absolute Gasteiger partial charge is 0.00167 e. The molecule has 2 atom stereocenters. The molecule has 0 aliphatic carbocycles. The van der Waals surface area contributed by atoms with Crippen LogP contribution in [0.15, 0.2) is 24.3 Å². The molecule has 0 nitrogen and oxygen atoms in total. The highest BCUT2D eigenvalue weighted by atomic mass is 31.1. The molecule has 1 aromatic rings. The highest BCUT2D eigenvalue weighted by Gasteiger charge is 2.16. The Morgan fingerprint density at radius 3 is 2.77 bits per heavy atom. The molecule has 1 aliphatic rings. The largest absolute Gasteiger partial charge is 0.114 e. The predicted octanol–water partition coefficient (Wildman–Crippen LogP) is 3.90. The van der Waals surface area contributed by atoms with Gasteiger partial charge in [0, 0.05) is 5.66 Å². The van der Waals surface area contributed by atoms with Crippen molar-refractivity contribution in [1.82, 2.24) is 0 Å². The van der Waals surface area contributed by atoms with Crippen molar-refractivity contribution < 1.29 is 0 Å². The zero-order chi connectivity index (χ0) is 9.10. The number of hydrogen-bond acceptors (Lipinski definition) is 0. The van der Waals surface area contributed by atoms with Gasteiger partial charge in [-0.25, -0.2) is 0 Å². The summed E-state index contributed by atoms with van der Waals surface area (Å²) in [5, 5.41) is 0. The van der Waals surface area contributed by atoms with Crippen LogP contribution in [0.1, 0.15) is 36.0 Å². The van der Waals surface area contributed by atoms with Crippen LogP contribution in [0.5, 0.6) is 0 Å². The quantitative estimate of drug-likeness (QED) is 0.592. The topological polar surface area (TPSA) is 0 Å². The van der Waals surface area contributed by atoms with Gasteiger partial charge in [-0.15, -0.1) is 8.58 Å². The zero-order valence-electron chi connectivity index (χ0n) is 8.22. The lowest BCUT2D eigenvalue weighted by molar-refractivity contribution is 0.677. The third-order valence-corrected chi connectivity index (χ3v) is 4.61. The number of rotatable bonds is 1. The summed E-state index contributed by atoms with van der Waals surface area (Å²) in [4.78, 5) is 0. The van der Waals surface area contributed by atoms with E-state index in [0.717, 1.165) is 5.66 Å². The number of aryl methyl sites for hydroxylation is 1. The minimum absolute atomic E-state index is 0.884. The molecule has 1 aliphatic heterocycles. The summed E-state index contributed by atoms with van der Waals surface area (Å²) in [6.07, 6.45) is 5.77. The van der Waals surface area contributed by atoms with Gasteiger partial charge in [-0.3, -0.25) is 0 Å². The average molecular weight is 192 g/mol. The van der Waals surface area contributed by atoms with E-state index in [1.54, 1.807) is 5.56 Å². The Morgan fingerprint density at radius 1 is 1.23 bits per heavy atom. The van der Waals surface area contributed by atoms with Crippen LogP contribution < -0.4 is 0 Å². The van der Waals surface area contributed by atoms with Crippen LogP contribution in [0, 0.1) is 6.92 Å². The lowest BCUT2D eigenvalue weighted by Gasteiger charge is -2.23. The highest BCUT2D eigenvalue weighted by molar-refractivity contribution is 7.38. The van der Waals surface area contributed by atoms with Crippen molar-refractivity contribution in [3.63, 3.8) is 0 Å². The maximum Gasteiger partial charge on any atom is 0.00167 e. The van der Waals surface area contributed by atoms with Crippen LogP contribution in [-0.4, -0.2) is 6.16 Å².